The molecule has 1 rings (SSSR count). The summed E-state index contributed by atoms with van der Waals surface area (Å²) in [5.74, 6) is -1.41. The molecule has 1 aromatic heterocycles. The zero-order valence-electron chi connectivity index (χ0n) is 13.0. The van der Waals surface area contributed by atoms with E-state index in [0.29, 0.717) is 0 Å². The van der Waals surface area contributed by atoms with Crippen LogP contribution in [0.2, 0.25) is 0 Å². The van der Waals surface area contributed by atoms with Gasteiger partial charge in [-0.1, -0.05) is 0 Å². The van der Waals surface area contributed by atoms with Gasteiger partial charge in [0.2, 0.25) is 5.88 Å². The third-order valence-corrected chi connectivity index (χ3v) is 2.36. The number of hydrogen-bond acceptors (Lipinski definition) is 7. The number of hydrogen-bond donors (Lipinski definition) is 2. The average molecular weight is 312 g/mol. The molecule has 122 valence electrons. The number of amides is 1. The average Bonchev–Trinajstić information content (AvgIpc) is 2.36. The van der Waals surface area contributed by atoms with Gasteiger partial charge in [-0.15, -0.1) is 0 Å². The molecule has 0 fully saturated rings. The highest BCUT2D eigenvalue weighted by molar-refractivity contribution is 5.90. The summed E-state index contributed by atoms with van der Waals surface area (Å²) in [5.41, 5.74) is 4.55. The van der Waals surface area contributed by atoms with Crippen LogP contribution in [-0.2, 0) is 4.74 Å². The first-order chi connectivity index (χ1) is 10.1. The summed E-state index contributed by atoms with van der Waals surface area (Å²) in [6.45, 7) is 5.72. The molecule has 0 aliphatic rings. The van der Waals surface area contributed by atoms with Crippen molar-refractivity contribution in [1.82, 2.24) is 14.9 Å². The summed E-state index contributed by atoms with van der Waals surface area (Å²) in [7, 11) is 1.57. The van der Waals surface area contributed by atoms with Crippen molar-refractivity contribution in [2.75, 3.05) is 25.9 Å². The second-order valence-electron chi connectivity index (χ2n) is 5.50. The Morgan fingerprint density at radius 3 is 2.55 bits per heavy atom. The predicted octanol–water partition coefficient (Wildman–Crippen LogP) is 1.00. The molecule has 0 saturated heterocycles. The molecule has 1 amide bonds. The van der Waals surface area contributed by atoms with Crippen LogP contribution in [0.15, 0.2) is 6.20 Å². The van der Waals surface area contributed by atoms with Gasteiger partial charge in [0.25, 0.3) is 0 Å². The van der Waals surface area contributed by atoms with Crippen LogP contribution in [0.25, 0.3) is 0 Å². The second kappa shape index (κ2) is 6.92. The SMILES string of the molecule is CN(CCOc1cnc(C(=O)O)c(N)n1)C(=O)OC(C)(C)C. The molecular formula is C13H20N4O5. The van der Waals surface area contributed by atoms with Crippen LogP contribution in [-0.4, -0.2) is 57.8 Å². The number of anilines is 1. The van der Waals surface area contributed by atoms with Crippen molar-refractivity contribution in [1.29, 1.82) is 0 Å². The number of aromatic carboxylic acids is 1. The smallest absolute Gasteiger partial charge is 0.410 e. The maximum atomic E-state index is 11.7. The summed E-state index contributed by atoms with van der Waals surface area (Å²) in [4.78, 5) is 31.2. The van der Waals surface area contributed by atoms with Crippen molar-refractivity contribution in [3.63, 3.8) is 0 Å². The fourth-order valence-electron chi connectivity index (χ4n) is 1.34. The van der Waals surface area contributed by atoms with Gasteiger partial charge in [0.05, 0.1) is 12.7 Å². The minimum Gasteiger partial charge on any atom is -0.476 e. The summed E-state index contributed by atoms with van der Waals surface area (Å²) in [5, 5.41) is 8.78. The molecule has 0 aliphatic heterocycles. The van der Waals surface area contributed by atoms with E-state index in [2.05, 4.69) is 9.97 Å². The van der Waals surface area contributed by atoms with Gasteiger partial charge in [-0.25, -0.2) is 14.6 Å². The minimum absolute atomic E-state index is 0.0834. The van der Waals surface area contributed by atoms with Gasteiger partial charge in [0, 0.05) is 7.05 Å². The highest BCUT2D eigenvalue weighted by Crippen LogP contribution is 2.12. The molecule has 0 bridgehead atoms. The standard InChI is InChI=1S/C13H20N4O5/c1-13(2,3)22-12(20)17(4)5-6-21-8-7-15-9(11(18)19)10(14)16-8/h7H,5-6H2,1-4H3,(H2,14,16)(H,18,19). The van der Waals surface area contributed by atoms with E-state index < -0.39 is 17.7 Å². The molecule has 9 heteroatoms. The van der Waals surface area contributed by atoms with E-state index in [1.54, 1.807) is 27.8 Å². The number of carboxylic acids is 1. The van der Waals surface area contributed by atoms with Gasteiger partial charge in [0.15, 0.2) is 11.5 Å². The van der Waals surface area contributed by atoms with Crippen LogP contribution in [0.3, 0.4) is 0 Å². The number of aromatic nitrogens is 2. The number of ether oxygens (including phenoxy) is 2. The fraction of sp³-hybridized carbons (Fsp3) is 0.538. The highest BCUT2D eigenvalue weighted by atomic mass is 16.6. The number of carbonyl (C=O) groups excluding carboxylic acids is 1. The van der Waals surface area contributed by atoms with Crippen LogP contribution in [0.5, 0.6) is 5.88 Å². The molecule has 22 heavy (non-hydrogen) atoms. The van der Waals surface area contributed by atoms with E-state index in [1.807, 2.05) is 0 Å². The summed E-state index contributed by atoms with van der Waals surface area (Å²) < 4.78 is 10.5. The minimum atomic E-state index is -1.26. The number of carbonyl (C=O) groups is 2. The Kier molecular flexibility index (Phi) is 5.50. The topological polar surface area (TPSA) is 128 Å². The van der Waals surface area contributed by atoms with Gasteiger partial charge >= 0.3 is 12.1 Å². The third-order valence-electron chi connectivity index (χ3n) is 2.36. The molecule has 0 aliphatic carbocycles. The molecular weight excluding hydrogens is 292 g/mol. The summed E-state index contributed by atoms with van der Waals surface area (Å²) in [6, 6.07) is 0. The number of nitrogen functional groups attached to an aromatic ring is 1. The largest absolute Gasteiger partial charge is 0.476 e. The van der Waals surface area contributed by atoms with E-state index in [-0.39, 0.29) is 30.5 Å². The molecule has 9 nitrogen and oxygen atoms in total. The highest BCUT2D eigenvalue weighted by Gasteiger charge is 2.19. The van der Waals surface area contributed by atoms with Gasteiger partial charge in [-0.05, 0) is 20.8 Å². The molecule has 0 unspecified atom stereocenters. The van der Waals surface area contributed by atoms with Crippen LogP contribution in [0, 0.1) is 0 Å². The zero-order chi connectivity index (χ0) is 16.9. The Morgan fingerprint density at radius 1 is 1.41 bits per heavy atom. The van der Waals surface area contributed by atoms with Gasteiger partial charge < -0.3 is 25.2 Å². The van der Waals surface area contributed by atoms with E-state index in [4.69, 9.17) is 20.3 Å². The summed E-state index contributed by atoms with van der Waals surface area (Å²) >= 11 is 0. The predicted molar refractivity (Wildman–Crippen MR) is 77.8 cm³/mol. The fourth-order valence-corrected chi connectivity index (χ4v) is 1.34. The van der Waals surface area contributed by atoms with Crippen LogP contribution in [0.4, 0.5) is 10.6 Å². The summed E-state index contributed by atoms with van der Waals surface area (Å²) in [6.07, 6.45) is 0.690. The number of carboxylic acid groups (broad SMARTS) is 1. The number of nitrogens with two attached hydrogens (primary N) is 1. The number of likely N-dealkylation sites (N-methyl/N-ethyl adjacent to an activating group) is 1. The maximum Gasteiger partial charge on any atom is 0.410 e. The Morgan fingerprint density at radius 2 is 2.05 bits per heavy atom. The monoisotopic (exact) mass is 312 g/mol. The van der Waals surface area contributed by atoms with Crippen LogP contribution < -0.4 is 10.5 Å². The molecule has 0 atom stereocenters. The van der Waals surface area contributed by atoms with E-state index >= 15 is 0 Å². The molecule has 0 radical (unpaired) electrons. The molecule has 0 saturated carbocycles. The Labute approximate surface area is 128 Å². The Bertz CT molecular complexity index is 556. The number of nitrogens with zero attached hydrogens (tertiary/aromatic N) is 3. The van der Waals surface area contributed by atoms with Gasteiger partial charge in [-0.2, -0.15) is 4.98 Å². The van der Waals surface area contributed by atoms with Crippen molar-refractivity contribution in [2.24, 2.45) is 0 Å². The lowest BCUT2D eigenvalue weighted by atomic mass is 10.2. The van der Waals surface area contributed by atoms with Crippen molar-refractivity contribution < 1.29 is 24.2 Å². The Balaban J connectivity index is 2.49. The maximum absolute atomic E-state index is 11.7. The quantitative estimate of drug-likeness (QED) is 0.824. The van der Waals surface area contributed by atoms with Crippen LogP contribution in [0.1, 0.15) is 31.3 Å². The van der Waals surface area contributed by atoms with Crippen molar-refractivity contribution in [2.45, 2.75) is 26.4 Å². The van der Waals surface area contributed by atoms with Gasteiger partial charge in [-0.3, -0.25) is 0 Å². The molecule has 3 N–H and O–H groups in total. The lowest BCUT2D eigenvalue weighted by Gasteiger charge is -2.24. The Hall–Kier alpha value is -2.58. The van der Waals surface area contributed by atoms with Crippen molar-refractivity contribution in [3.8, 4) is 5.88 Å². The van der Waals surface area contributed by atoms with E-state index in [9.17, 15) is 9.59 Å². The van der Waals surface area contributed by atoms with Gasteiger partial charge in [0.1, 0.15) is 12.2 Å². The lowest BCUT2D eigenvalue weighted by molar-refractivity contribution is 0.0277. The second-order valence-corrected chi connectivity index (χ2v) is 5.50. The number of rotatable bonds is 5. The lowest BCUT2D eigenvalue weighted by Crippen LogP contribution is -2.36. The molecule has 0 aromatic carbocycles. The molecule has 1 heterocycles. The normalized spacial score (nSPS) is 10.9. The zero-order valence-corrected chi connectivity index (χ0v) is 13.0. The van der Waals surface area contributed by atoms with Crippen LogP contribution >= 0.6 is 0 Å². The first-order valence-electron chi connectivity index (χ1n) is 6.53. The van der Waals surface area contributed by atoms with E-state index in [1.165, 1.54) is 4.90 Å². The van der Waals surface area contributed by atoms with E-state index in [0.717, 1.165) is 6.20 Å². The first kappa shape index (κ1) is 17.5. The molecule has 0 spiro atoms. The third kappa shape index (κ3) is 5.43. The first-order valence-corrected chi connectivity index (χ1v) is 6.53. The molecule has 1 aromatic rings. The van der Waals surface area contributed by atoms with Crippen molar-refractivity contribution in [3.05, 3.63) is 11.9 Å². The van der Waals surface area contributed by atoms with Crippen molar-refractivity contribution >= 4 is 17.9 Å².